The zero-order valence-corrected chi connectivity index (χ0v) is 41.8. The van der Waals surface area contributed by atoms with E-state index in [1.165, 1.54) is 12.5 Å². The Bertz CT molecular complexity index is 2490. The van der Waals surface area contributed by atoms with Gasteiger partial charge in [-0.15, -0.1) is 0 Å². The van der Waals surface area contributed by atoms with E-state index in [2.05, 4.69) is 52.2 Å². The topological polar surface area (TPSA) is 360 Å². The maximum absolute atomic E-state index is 14.6. The second-order valence-corrected chi connectivity index (χ2v) is 18.7. The van der Waals surface area contributed by atoms with Crippen LogP contribution < -0.4 is 54.4 Å². The fraction of sp³-hybridized carbons (Fsp3) is 0.480. The van der Waals surface area contributed by atoms with Gasteiger partial charge < -0.3 is 64.4 Å². The fourth-order valence-electron chi connectivity index (χ4n) is 8.08. The molecule has 0 saturated heterocycles. The number of aromatic amines is 2. The molecule has 390 valence electrons. The van der Waals surface area contributed by atoms with Crippen molar-refractivity contribution in [3.05, 3.63) is 90.1 Å². The van der Waals surface area contributed by atoms with Crippen LogP contribution in [0.3, 0.4) is 0 Å². The van der Waals surface area contributed by atoms with E-state index in [1.54, 1.807) is 58.2 Å². The molecule has 15 N–H and O–H groups in total. The van der Waals surface area contributed by atoms with Gasteiger partial charge >= 0.3 is 0 Å². The highest BCUT2D eigenvalue weighted by atomic mass is 16.2. The number of benzene rings is 2. The number of primary amides is 2. The maximum Gasteiger partial charge on any atom is 0.246 e. The summed E-state index contributed by atoms with van der Waals surface area (Å²) in [5, 5.41) is 19.5. The molecule has 0 radical (unpaired) electrons. The van der Waals surface area contributed by atoms with E-state index in [0.29, 0.717) is 11.3 Å². The first kappa shape index (κ1) is 57.0. The second-order valence-electron chi connectivity index (χ2n) is 18.7. The number of para-hydroxylation sites is 1. The highest BCUT2D eigenvalue weighted by Gasteiger charge is 2.41. The van der Waals surface area contributed by atoms with Gasteiger partial charge in [-0.25, -0.2) is 4.98 Å². The van der Waals surface area contributed by atoms with Crippen molar-refractivity contribution in [1.29, 1.82) is 0 Å². The molecule has 22 heteroatoms. The first-order valence-corrected chi connectivity index (χ1v) is 24.2. The van der Waals surface area contributed by atoms with Crippen molar-refractivity contribution in [1.82, 2.24) is 52.2 Å². The lowest BCUT2D eigenvalue weighted by atomic mass is 9.89. The lowest BCUT2D eigenvalue weighted by Gasteiger charge is -2.35. The number of aromatic nitrogens is 3. The molecular weight excluding hydrogens is 927 g/mol. The molecule has 72 heavy (non-hydrogen) atoms. The number of hydrogen-bond acceptors (Lipinski definition) is 11. The van der Waals surface area contributed by atoms with Crippen LogP contribution in [0.4, 0.5) is 0 Å². The van der Waals surface area contributed by atoms with Gasteiger partial charge in [-0.05, 0) is 61.1 Å². The molecule has 6 atom stereocenters. The van der Waals surface area contributed by atoms with E-state index >= 15 is 0 Å². The molecule has 2 heterocycles. The first-order valence-electron chi connectivity index (χ1n) is 24.2. The number of fused-ring (bicyclic) bond motifs is 1. The van der Waals surface area contributed by atoms with Crippen LogP contribution in [0, 0.1) is 11.8 Å². The third-order valence-electron chi connectivity index (χ3n) is 12.3. The zero-order chi connectivity index (χ0) is 53.1. The minimum Gasteiger partial charge on any atom is -0.370 e. The van der Waals surface area contributed by atoms with Crippen LogP contribution in [-0.4, -0.2) is 116 Å². The number of imidazole rings is 1. The Balaban J connectivity index is 1.52. The number of nitrogens with zero attached hydrogens (tertiary/aromatic N) is 1. The summed E-state index contributed by atoms with van der Waals surface area (Å²) in [5.41, 5.74) is 18.3. The number of nitrogens with two attached hydrogens (primary N) is 3. The van der Waals surface area contributed by atoms with E-state index < -0.39 is 107 Å². The Morgan fingerprint density at radius 2 is 1.31 bits per heavy atom. The van der Waals surface area contributed by atoms with Crippen LogP contribution in [0.2, 0.25) is 0 Å². The molecule has 0 unspecified atom stereocenters. The molecule has 0 spiro atoms. The summed E-state index contributed by atoms with van der Waals surface area (Å²) in [6, 6.07) is 9.16. The van der Waals surface area contributed by atoms with Crippen LogP contribution >= 0.6 is 0 Å². The van der Waals surface area contributed by atoms with E-state index in [9.17, 15) is 43.2 Å². The van der Waals surface area contributed by atoms with Crippen molar-refractivity contribution in [2.75, 3.05) is 6.54 Å². The van der Waals surface area contributed by atoms with Crippen molar-refractivity contribution < 1.29 is 43.2 Å². The fourth-order valence-corrected chi connectivity index (χ4v) is 8.08. The molecule has 0 fully saturated rings. The molecule has 22 nitrogen and oxygen atoms in total. The Hall–Kier alpha value is -7.62. The highest BCUT2D eigenvalue weighted by molar-refractivity contribution is 5.99. The minimum absolute atomic E-state index is 0.0164. The summed E-state index contributed by atoms with van der Waals surface area (Å²) in [7, 11) is 0. The molecule has 2 aromatic heterocycles. The van der Waals surface area contributed by atoms with Crippen LogP contribution in [0.25, 0.3) is 10.9 Å². The predicted octanol–water partition coefficient (Wildman–Crippen LogP) is -0.0857. The van der Waals surface area contributed by atoms with Gasteiger partial charge in [0.15, 0.2) is 0 Å². The van der Waals surface area contributed by atoms with E-state index in [0.717, 1.165) is 16.5 Å². The first-order chi connectivity index (χ1) is 34.2. The summed E-state index contributed by atoms with van der Waals surface area (Å²) in [4.78, 5) is 131. The molecule has 0 saturated carbocycles. The molecule has 9 amide bonds. The van der Waals surface area contributed by atoms with Crippen LogP contribution in [0.15, 0.2) is 73.3 Å². The summed E-state index contributed by atoms with van der Waals surface area (Å²) in [6.45, 7) is 9.81. The monoisotopic (exact) mass is 998 g/mol. The Morgan fingerprint density at radius 1 is 0.681 bits per heavy atom. The number of nitrogens with one attached hydrogen (secondary N) is 9. The Morgan fingerprint density at radius 3 is 1.92 bits per heavy atom. The lowest BCUT2D eigenvalue weighted by molar-refractivity contribution is -0.139. The van der Waals surface area contributed by atoms with Crippen LogP contribution in [0.5, 0.6) is 0 Å². The van der Waals surface area contributed by atoms with Crippen molar-refractivity contribution in [3.63, 3.8) is 0 Å². The highest BCUT2D eigenvalue weighted by Crippen LogP contribution is 2.22. The zero-order valence-electron chi connectivity index (χ0n) is 41.8. The molecule has 0 aliphatic heterocycles. The summed E-state index contributed by atoms with van der Waals surface area (Å²) in [6.07, 6.45) is 4.45. The Kier molecular flexibility index (Phi) is 21.4. The van der Waals surface area contributed by atoms with Gasteiger partial charge in [0, 0.05) is 48.3 Å². The van der Waals surface area contributed by atoms with Gasteiger partial charge in [0.2, 0.25) is 53.2 Å². The average Bonchev–Trinajstić information content (AvgIpc) is 4.02. The normalized spacial score (nSPS) is 14.0. The number of H-pyrrole nitrogens is 2. The third kappa shape index (κ3) is 16.8. The number of carbonyl (C=O) groups is 9. The van der Waals surface area contributed by atoms with E-state index in [1.807, 2.05) is 44.2 Å². The molecule has 2 aromatic carbocycles. The lowest BCUT2D eigenvalue weighted by Crippen LogP contribution is -2.65. The number of carbonyl (C=O) groups excluding carboxylic acids is 9. The predicted molar refractivity (Wildman–Crippen MR) is 268 cm³/mol. The molecule has 4 rings (SSSR count). The largest absolute Gasteiger partial charge is 0.370 e. The summed E-state index contributed by atoms with van der Waals surface area (Å²) in [5.74, 6) is -7.14. The van der Waals surface area contributed by atoms with Gasteiger partial charge in [0.25, 0.3) is 0 Å². The molecule has 0 aliphatic rings. The smallest absolute Gasteiger partial charge is 0.246 e. The summed E-state index contributed by atoms with van der Waals surface area (Å²) < 4.78 is 0. The van der Waals surface area contributed by atoms with Crippen molar-refractivity contribution in [3.8, 4) is 0 Å². The number of amides is 9. The molecule has 0 bridgehead atoms. The standard InChI is InChI=1S/C50H71N13O9/c1-7-50(8-2,49(72)62-42(29(5)6)48(71)56-26-41(65)58-39(23-32-25-54-27-57-32)46(69)60-37(43(53)66)20-28(3)4)63-47(70)38(22-31-24-55-35-17-13-12-16-33(31)35)61-45(68)36(18-19-40(52)64)59-44(67)34(51)21-30-14-10-9-11-15-30/h9-17,24-25,27-29,34,36-39,42,55H,7-8,18-23,26,51H2,1-6H3,(H2,52,64)(H2,53,66)(H,54,57)(H,56,71)(H,58,65)(H,59,67)(H,60,69)(H,61,68)(H,62,72)(H,63,70)/t34-,36+,37+,38+,39+,42+/m1/s1. The van der Waals surface area contributed by atoms with Gasteiger partial charge in [-0.3, -0.25) is 43.2 Å². The average molecular weight is 998 g/mol. The maximum atomic E-state index is 14.6. The summed E-state index contributed by atoms with van der Waals surface area (Å²) >= 11 is 0. The van der Waals surface area contributed by atoms with Crippen molar-refractivity contribution >= 4 is 64.1 Å². The second kappa shape index (κ2) is 27.1. The van der Waals surface area contributed by atoms with Crippen LogP contribution in [-0.2, 0) is 62.4 Å². The Labute approximate surface area is 418 Å². The van der Waals surface area contributed by atoms with E-state index in [-0.39, 0.29) is 57.3 Å². The van der Waals surface area contributed by atoms with Crippen molar-refractivity contribution in [2.24, 2.45) is 29.0 Å². The minimum atomic E-state index is -1.64. The van der Waals surface area contributed by atoms with E-state index in [4.69, 9.17) is 17.2 Å². The SMILES string of the molecule is CCC(CC)(NC(=O)[C@H](Cc1c[nH]c2ccccc12)NC(=O)[C@H](CCC(N)=O)NC(=O)[C@H](N)Cc1ccccc1)C(=O)N[C@H](C(=O)NCC(=O)N[C@@H](Cc1cnc[nH]1)C(=O)N[C@@H](CC(C)C)C(N)=O)C(C)C. The molecular formula is C50H71N13O9. The van der Waals surface area contributed by atoms with Gasteiger partial charge in [0.05, 0.1) is 18.9 Å². The quantitative estimate of drug-likeness (QED) is 0.0341. The number of rotatable bonds is 29. The number of hydrogen-bond donors (Lipinski definition) is 12. The van der Waals surface area contributed by atoms with Gasteiger partial charge in [-0.1, -0.05) is 90.1 Å². The van der Waals surface area contributed by atoms with Gasteiger partial charge in [-0.2, -0.15) is 0 Å². The van der Waals surface area contributed by atoms with Crippen molar-refractivity contribution in [2.45, 2.75) is 135 Å². The molecule has 4 aromatic rings. The third-order valence-corrected chi connectivity index (χ3v) is 12.3. The molecule has 0 aliphatic carbocycles. The van der Waals surface area contributed by atoms with Gasteiger partial charge in [0.1, 0.15) is 35.7 Å². The van der Waals surface area contributed by atoms with Crippen LogP contribution in [0.1, 0.15) is 90.5 Å².